The largest absolute Gasteiger partial charge is 0.311 e. The molecule has 9 heavy (non-hydrogen) atoms. The fourth-order valence-corrected chi connectivity index (χ4v) is 3.00. The molecule has 4 atom stereocenters. The quantitative estimate of drug-likeness (QED) is 0.508. The van der Waals surface area contributed by atoms with Crippen LogP contribution in [0.15, 0.2) is 0 Å². The van der Waals surface area contributed by atoms with Gasteiger partial charge in [-0.1, -0.05) is 0 Å². The van der Waals surface area contributed by atoms with Gasteiger partial charge in [-0.25, -0.2) is 0 Å². The summed E-state index contributed by atoms with van der Waals surface area (Å²) in [6.45, 7) is 1.29. The number of fused-ring (bicyclic) bond motifs is 1. The second-order valence-corrected chi connectivity index (χ2v) is 3.80. The maximum atomic E-state index is 3.51. The van der Waals surface area contributed by atoms with Gasteiger partial charge < -0.3 is 10.2 Å². The lowest BCUT2D eigenvalue weighted by Gasteiger charge is -2.15. The minimum atomic E-state index is 0.667. The first-order valence-corrected chi connectivity index (χ1v) is 3.70. The Morgan fingerprint density at radius 2 is 2.33 bits per heavy atom. The fraction of sp³-hybridized carbons (Fsp3) is 1.00. The monoisotopic (exact) mass is 124 g/mol. The van der Waals surface area contributed by atoms with E-state index in [-0.39, 0.29) is 0 Å². The lowest BCUT2D eigenvalue weighted by Crippen LogP contribution is -2.30. The second kappa shape index (κ2) is 0.956. The van der Waals surface area contributed by atoms with Crippen molar-refractivity contribution in [3.8, 4) is 0 Å². The third kappa shape index (κ3) is 0.256. The average molecular weight is 124 g/mol. The predicted octanol–water partition coefficient (Wildman–Crippen LogP) is -0.482. The smallest absolute Gasteiger partial charge is 0.0451 e. The molecular weight excluding hydrogens is 112 g/mol. The Kier molecular flexibility index (Phi) is 0.498. The van der Waals surface area contributed by atoms with E-state index in [1.54, 1.807) is 0 Å². The van der Waals surface area contributed by atoms with Crippen LogP contribution in [-0.4, -0.2) is 37.1 Å². The van der Waals surface area contributed by atoms with E-state index >= 15 is 0 Å². The molecule has 0 aromatic rings. The summed E-state index contributed by atoms with van der Waals surface area (Å²) < 4.78 is 0. The molecule has 2 aliphatic carbocycles. The number of likely N-dealkylation sites (N-methyl/N-ethyl adjacent to an activating group) is 1. The Morgan fingerprint density at radius 1 is 1.56 bits per heavy atom. The molecule has 4 aliphatic rings. The molecule has 2 heteroatoms. The lowest BCUT2D eigenvalue weighted by molar-refractivity contribution is 0.307. The minimum Gasteiger partial charge on any atom is -0.311 e. The summed E-state index contributed by atoms with van der Waals surface area (Å²) in [6.07, 6.45) is 0. The fourth-order valence-electron chi connectivity index (χ4n) is 3.00. The van der Waals surface area contributed by atoms with Gasteiger partial charge in [0.2, 0.25) is 0 Å². The van der Waals surface area contributed by atoms with E-state index in [1.807, 2.05) is 0 Å². The van der Waals surface area contributed by atoms with Gasteiger partial charge in [-0.15, -0.1) is 0 Å². The standard InChI is InChI=1S/C7H12N2/c1-9(2)7-4-3-8-6(7)5(4)7/h4-6,8H,3H2,1-2H3/t4-,5?,6?,7-/m1/s1. The number of nitrogens with zero attached hydrogens (tertiary/aromatic N) is 1. The van der Waals surface area contributed by atoms with Gasteiger partial charge in [-0.2, -0.15) is 0 Å². The molecule has 0 radical (unpaired) electrons. The van der Waals surface area contributed by atoms with E-state index in [2.05, 4.69) is 24.3 Å². The average Bonchev–Trinajstić information content (AvgIpc) is 2.49. The van der Waals surface area contributed by atoms with Gasteiger partial charge in [0, 0.05) is 24.0 Å². The van der Waals surface area contributed by atoms with Gasteiger partial charge in [0.15, 0.2) is 0 Å². The maximum absolute atomic E-state index is 3.51. The van der Waals surface area contributed by atoms with Crippen molar-refractivity contribution in [1.82, 2.24) is 10.2 Å². The predicted molar refractivity (Wildman–Crippen MR) is 35.2 cm³/mol. The topological polar surface area (TPSA) is 15.3 Å². The van der Waals surface area contributed by atoms with Crippen molar-refractivity contribution in [3.63, 3.8) is 0 Å². The number of hydrogen-bond acceptors (Lipinski definition) is 2. The molecular formula is C7H12N2. The van der Waals surface area contributed by atoms with Gasteiger partial charge in [0.25, 0.3) is 0 Å². The van der Waals surface area contributed by atoms with Crippen molar-refractivity contribution in [1.29, 1.82) is 0 Å². The van der Waals surface area contributed by atoms with Crippen LogP contribution in [0.25, 0.3) is 0 Å². The molecule has 2 aliphatic heterocycles. The van der Waals surface area contributed by atoms with Gasteiger partial charge in [0.05, 0.1) is 0 Å². The molecule has 1 N–H and O–H groups in total. The van der Waals surface area contributed by atoms with Crippen LogP contribution in [-0.2, 0) is 0 Å². The molecule has 0 aromatic carbocycles. The van der Waals surface area contributed by atoms with Crippen LogP contribution >= 0.6 is 0 Å². The SMILES string of the molecule is CN(C)[C@]12C3NC[C@@H]1C32. The van der Waals surface area contributed by atoms with E-state index in [0.29, 0.717) is 5.54 Å². The molecule has 2 nitrogen and oxygen atoms in total. The van der Waals surface area contributed by atoms with Crippen LogP contribution in [0.5, 0.6) is 0 Å². The van der Waals surface area contributed by atoms with E-state index < -0.39 is 0 Å². The van der Waals surface area contributed by atoms with Crippen molar-refractivity contribution in [2.24, 2.45) is 11.8 Å². The zero-order valence-electron chi connectivity index (χ0n) is 5.89. The molecule has 2 saturated carbocycles. The van der Waals surface area contributed by atoms with Crippen molar-refractivity contribution >= 4 is 0 Å². The molecule has 2 bridgehead atoms. The summed E-state index contributed by atoms with van der Waals surface area (Å²) in [5.74, 6) is 2.07. The molecule has 0 spiro atoms. The highest BCUT2D eigenvalue weighted by Gasteiger charge is 2.90. The van der Waals surface area contributed by atoms with Gasteiger partial charge in [0.1, 0.15) is 0 Å². The first-order chi connectivity index (χ1) is 4.29. The minimum absolute atomic E-state index is 0.667. The summed E-state index contributed by atoms with van der Waals surface area (Å²) in [6, 6.07) is 0.887. The third-order valence-electron chi connectivity index (χ3n) is 3.53. The number of hydrogen-bond donors (Lipinski definition) is 1. The number of nitrogens with one attached hydrogen (secondary N) is 1. The lowest BCUT2D eigenvalue weighted by atomic mass is 10.2. The van der Waals surface area contributed by atoms with Gasteiger partial charge >= 0.3 is 0 Å². The molecule has 2 saturated heterocycles. The number of rotatable bonds is 1. The molecule has 0 aromatic heterocycles. The highest BCUT2D eigenvalue weighted by molar-refractivity contribution is 5.47. The van der Waals surface area contributed by atoms with Gasteiger partial charge in [-0.05, 0) is 20.0 Å². The molecule has 2 heterocycles. The summed E-state index contributed by atoms with van der Waals surface area (Å²) in [4.78, 5) is 2.41. The maximum Gasteiger partial charge on any atom is 0.0451 e. The van der Waals surface area contributed by atoms with Crippen molar-refractivity contribution in [3.05, 3.63) is 0 Å². The molecule has 2 unspecified atom stereocenters. The van der Waals surface area contributed by atoms with Crippen molar-refractivity contribution < 1.29 is 0 Å². The Bertz CT molecular complexity index is 148. The van der Waals surface area contributed by atoms with Crippen LogP contribution in [0.1, 0.15) is 0 Å². The number of piperidine rings is 1. The summed E-state index contributed by atoms with van der Waals surface area (Å²) in [7, 11) is 4.42. The summed E-state index contributed by atoms with van der Waals surface area (Å²) in [5.41, 5.74) is 0.667. The highest BCUT2D eigenvalue weighted by Crippen LogP contribution is 2.77. The Balaban J connectivity index is 1.96. The zero-order chi connectivity index (χ0) is 6.22. The van der Waals surface area contributed by atoms with Crippen molar-refractivity contribution in [2.75, 3.05) is 20.6 Å². The molecule has 50 valence electrons. The van der Waals surface area contributed by atoms with Crippen LogP contribution in [0.3, 0.4) is 0 Å². The second-order valence-electron chi connectivity index (χ2n) is 3.80. The van der Waals surface area contributed by atoms with Crippen LogP contribution in [0, 0.1) is 11.8 Å². The van der Waals surface area contributed by atoms with Gasteiger partial charge in [-0.3, -0.25) is 0 Å². The van der Waals surface area contributed by atoms with Crippen LogP contribution < -0.4 is 5.32 Å². The van der Waals surface area contributed by atoms with E-state index in [1.165, 1.54) is 6.54 Å². The van der Waals surface area contributed by atoms with E-state index in [0.717, 1.165) is 17.9 Å². The highest BCUT2D eigenvalue weighted by atomic mass is 15.4. The first kappa shape index (κ1) is 4.69. The summed E-state index contributed by atoms with van der Waals surface area (Å²) >= 11 is 0. The molecule has 4 rings (SSSR count). The molecule has 4 fully saturated rings. The van der Waals surface area contributed by atoms with E-state index in [9.17, 15) is 0 Å². The normalized spacial score (nSPS) is 66.3. The third-order valence-corrected chi connectivity index (χ3v) is 3.53. The Labute approximate surface area is 55.2 Å². The Hall–Kier alpha value is -0.0800. The summed E-state index contributed by atoms with van der Waals surface area (Å²) in [5, 5.41) is 3.51. The Morgan fingerprint density at radius 3 is 2.56 bits per heavy atom. The zero-order valence-corrected chi connectivity index (χ0v) is 5.89. The van der Waals surface area contributed by atoms with Crippen LogP contribution in [0.2, 0.25) is 0 Å². The first-order valence-electron chi connectivity index (χ1n) is 3.70. The molecule has 0 amide bonds. The van der Waals surface area contributed by atoms with E-state index in [4.69, 9.17) is 0 Å². The van der Waals surface area contributed by atoms with Crippen LogP contribution in [0.4, 0.5) is 0 Å². The van der Waals surface area contributed by atoms with Crippen molar-refractivity contribution in [2.45, 2.75) is 11.6 Å².